The maximum Gasteiger partial charge on any atom is 0.310 e. The Hall–Kier alpha value is -1.88. The summed E-state index contributed by atoms with van der Waals surface area (Å²) >= 11 is 0. The molecule has 0 saturated carbocycles. The zero-order chi connectivity index (χ0) is 16.8. The highest BCUT2D eigenvalue weighted by molar-refractivity contribution is 5.93. The van der Waals surface area contributed by atoms with E-state index < -0.39 is 0 Å². The number of ether oxygens (including phenoxy) is 1. The Balaban J connectivity index is 1.89. The van der Waals surface area contributed by atoms with Gasteiger partial charge in [-0.05, 0) is 57.4 Å². The Morgan fingerprint density at radius 2 is 2.13 bits per heavy atom. The number of amides is 1. The molecule has 1 aromatic rings. The first kappa shape index (κ1) is 17.5. The van der Waals surface area contributed by atoms with Crippen molar-refractivity contribution in [1.29, 1.82) is 0 Å². The summed E-state index contributed by atoms with van der Waals surface area (Å²) < 4.78 is 5.09. The summed E-state index contributed by atoms with van der Waals surface area (Å²) in [5.74, 6) is -0.299. The van der Waals surface area contributed by atoms with Gasteiger partial charge in [0.1, 0.15) is 0 Å². The van der Waals surface area contributed by atoms with Crippen LogP contribution in [0.25, 0.3) is 0 Å². The summed E-state index contributed by atoms with van der Waals surface area (Å²) in [6, 6.07) is 5.88. The Kier molecular flexibility index (Phi) is 6.16. The van der Waals surface area contributed by atoms with Gasteiger partial charge in [-0.2, -0.15) is 0 Å². The zero-order valence-electron chi connectivity index (χ0n) is 14.2. The predicted molar refractivity (Wildman–Crippen MR) is 90.3 cm³/mol. The number of nitrogens with zero attached hydrogens (tertiary/aromatic N) is 1. The number of benzene rings is 1. The third-order valence-corrected chi connectivity index (χ3v) is 4.37. The molecule has 0 radical (unpaired) electrons. The lowest BCUT2D eigenvalue weighted by Gasteiger charge is -2.30. The van der Waals surface area contributed by atoms with E-state index in [-0.39, 0.29) is 17.8 Å². The van der Waals surface area contributed by atoms with Crippen LogP contribution in [0.5, 0.6) is 0 Å². The predicted octanol–water partition coefficient (Wildman–Crippen LogP) is 2.52. The number of carbonyl (C=O) groups is 2. The average molecular weight is 318 g/mol. The number of likely N-dealkylation sites (tertiary alicyclic amines) is 1. The molecule has 0 aliphatic carbocycles. The van der Waals surface area contributed by atoms with Gasteiger partial charge in [0.15, 0.2) is 0 Å². The van der Waals surface area contributed by atoms with Crippen molar-refractivity contribution in [1.82, 2.24) is 4.90 Å². The van der Waals surface area contributed by atoms with Gasteiger partial charge in [-0.15, -0.1) is 0 Å². The third kappa shape index (κ3) is 4.79. The van der Waals surface area contributed by atoms with E-state index in [1.807, 2.05) is 43.9 Å². The molecule has 0 bridgehead atoms. The van der Waals surface area contributed by atoms with Gasteiger partial charge in [0.2, 0.25) is 5.91 Å². The fraction of sp³-hybridized carbons (Fsp3) is 0.556. The number of aryl methyl sites for hydroxylation is 1. The second-order valence-corrected chi connectivity index (χ2v) is 6.12. The fourth-order valence-corrected chi connectivity index (χ4v) is 2.93. The lowest BCUT2D eigenvalue weighted by Crippen LogP contribution is -2.43. The van der Waals surface area contributed by atoms with Gasteiger partial charge in [0.25, 0.3) is 0 Å². The van der Waals surface area contributed by atoms with E-state index >= 15 is 0 Å². The molecule has 1 fully saturated rings. The summed E-state index contributed by atoms with van der Waals surface area (Å²) in [7, 11) is 0. The second kappa shape index (κ2) is 8.11. The van der Waals surface area contributed by atoms with Gasteiger partial charge in [-0.1, -0.05) is 12.1 Å². The van der Waals surface area contributed by atoms with Crippen LogP contribution in [-0.4, -0.2) is 43.0 Å². The Labute approximate surface area is 138 Å². The van der Waals surface area contributed by atoms with Gasteiger partial charge < -0.3 is 10.1 Å². The Morgan fingerprint density at radius 3 is 2.87 bits per heavy atom. The fourth-order valence-electron chi connectivity index (χ4n) is 2.93. The molecule has 1 aliphatic heterocycles. The molecule has 1 aromatic carbocycles. The molecule has 0 aromatic heterocycles. The molecule has 5 heteroatoms. The molecule has 0 unspecified atom stereocenters. The van der Waals surface area contributed by atoms with E-state index in [2.05, 4.69) is 5.32 Å². The first-order chi connectivity index (χ1) is 11.0. The van der Waals surface area contributed by atoms with Crippen LogP contribution in [0.2, 0.25) is 0 Å². The number of piperidine rings is 1. The van der Waals surface area contributed by atoms with Crippen LogP contribution in [0.1, 0.15) is 30.9 Å². The minimum absolute atomic E-state index is 0.0387. The summed E-state index contributed by atoms with van der Waals surface area (Å²) in [5, 5.41) is 2.97. The van der Waals surface area contributed by atoms with Crippen LogP contribution in [0.3, 0.4) is 0 Å². The van der Waals surface area contributed by atoms with Crippen molar-refractivity contribution in [2.75, 3.05) is 31.6 Å². The number of hydrogen-bond donors (Lipinski definition) is 1. The topological polar surface area (TPSA) is 58.6 Å². The highest BCUT2D eigenvalue weighted by Gasteiger charge is 2.27. The van der Waals surface area contributed by atoms with Crippen molar-refractivity contribution < 1.29 is 14.3 Å². The molecule has 1 atom stereocenters. The van der Waals surface area contributed by atoms with Crippen LogP contribution in [0.4, 0.5) is 5.69 Å². The van der Waals surface area contributed by atoms with Gasteiger partial charge in [0.05, 0.1) is 19.1 Å². The van der Waals surface area contributed by atoms with Gasteiger partial charge in [-0.25, -0.2) is 0 Å². The van der Waals surface area contributed by atoms with Crippen LogP contribution < -0.4 is 5.32 Å². The van der Waals surface area contributed by atoms with E-state index in [1.54, 1.807) is 0 Å². The first-order valence-electron chi connectivity index (χ1n) is 8.26. The molecule has 0 spiro atoms. The highest BCUT2D eigenvalue weighted by Crippen LogP contribution is 2.20. The SMILES string of the molecule is CCOC(=O)[C@H]1CCCN(CC(=O)Nc2cccc(C)c2C)C1. The van der Waals surface area contributed by atoms with Crippen LogP contribution in [0, 0.1) is 19.8 Å². The Morgan fingerprint density at radius 1 is 1.35 bits per heavy atom. The van der Waals surface area contributed by atoms with Gasteiger partial charge in [0, 0.05) is 12.2 Å². The van der Waals surface area contributed by atoms with E-state index in [0.29, 0.717) is 19.7 Å². The van der Waals surface area contributed by atoms with Gasteiger partial charge >= 0.3 is 5.97 Å². The normalized spacial score (nSPS) is 18.5. The molecule has 1 amide bonds. The molecule has 126 valence electrons. The molecule has 1 aliphatic rings. The standard InChI is InChI=1S/C18H26N2O3/c1-4-23-18(22)15-8-6-10-20(11-15)12-17(21)19-16-9-5-7-13(2)14(16)3/h5,7,9,15H,4,6,8,10-12H2,1-3H3,(H,19,21)/t15-/m0/s1. The van der Waals surface area contributed by atoms with Crippen molar-refractivity contribution in [3.05, 3.63) is 29.3 Å². The van der Waals surface area contributed by atoms with Crippen LogP contribution in [-0.2, 0) is 14.3 Å². The van der Waals surface area contributed by atoms with Crippen LogP contribution >= 0.6 is 0 Å². The minimum atomic E-state index is -0.146. The zero-order valence-corrected chi connectivity index (χ0v) is 14.2. The molecular formula is C18H26N2O3. The lowest BCUT2D eigenvalue weighted by atomic mass is 9.98. The average Bonchev–Trinajstić information content (AvgIpc) is 2.52. The molecule has 1 saturated heterocycles. The number of anilines is 1. The highest BCUT2D eigenvalue weighted by atomic mass is 16.5. The van der Waals surface area contributed by atoms with E-state index in [9.17, 15) is 9.59 Å². The molecule has 5 nitrogen and oxygen atoms in total. The molecule has 23 heavy (non-hydrogen) atoms. The van der Waals surface area contributed by atoms with Gasteiger partial charge in [-0.3, -0.25) is 14.5 Å². The maximum absolute atomic E-state index is 12.3. The molecule has 1 heterocycles. The summed E-state index contributed by atoms with van der Waals surface area (Å²) in [6.45, 7) is 8.00. The van der Waals surface area contributed by atoms with Crippen molar-refractivity contribution in [2.45, 2.75) is 33.6 Å². The molecule has 2 rings (SSSR count). The maximum atomic E-state index is 12.3. The number of esters is 1. The number of hydrogen-bond acceptors (Lipinski definition) is 4. The van der Waals surface area contributed by atoms with E-state index in [1.165, 1.54) is 0 Å². The number of rotatable bonds is 5. The lowest BCUT2D eigenvalue weighted by molar-refractivity contribution is -0.150. The van der Waals surface area contributed by atoms with Crippen molar-refractivity contribution in [2.24, 2.45) is 5.92 Å². The largest absolute Gasteiger partial charge is 0.466 e. The Bertz CT molecular complexity index is 571. The quantitative estimate of drug-likeness (QED) is 0.848. The molecular weight excluding hydrogens is 292 g/mol. The summed E-state index contributed by atoms with van der Waals surface area (Å²) in [5.41, 5.74) is 3.10. The second-order valence-electron chi connectivity index (χ2n) is 6.12. The molecule has 1 N–H and O–H groups in total. The third-order valence-electron chi connectivity index (χ3n) is 4.37. The monoisotopic (exact) mass is 318 g/mol. The van der Waals surface area contributed by atoms with Crippen molar-refractivity contribution in [3.63, 3.8) is 0 Å². The minimum Gasteiger partial charge on any atom is -0.466 e. The van der Waals surface area contributed by atoms with Crippen LogP contribution in [0.15, 0.2) is 18.2 Å². The van der Waals surface area contributed by atoms with Crippen molar-refractivity contribution in [3.8, 4) is 0 Å². The summed E-state index contributed by atoms with van der Waals surface area (Å²) in [4.78, 5) is 26.2. The van der Waals surface area contributed by atoms with Crippen molar-refractivity contribution >= 4 is 17.6 Å². The van der Waals surface area contributed by atoms with E-state index in [0.717, 1.165) is 36.2 Å². The first-order valence-corrected chi connectivity index (χ1v) is 8.26. The smallest absolute Gasteiger partial charge is 0.310 e. The number of nitrogens with one attached hydrogen (secondary N) is 1. The summed E-state index contributed by atoms with van der Waals surface area (Å²) in [6.07, 6.45) is 1.76. The van der Waals surface area contributed by atoms with E-state index in [4.69, 9.17) is 4.74 Å². The number of carbonyl (C=O) groups excluding carboxylic acids is 2.